The fourth-order valence-corrected chi connectivity index (χ4v) is 2.13. The van der Waals surface area contributed by atoms with Gasteiger partial charge in [0.15, 0.2) is 5.58 Å². The second-order valence-corrected chi connectivity index (χ2v) is 4.53. The summed E-state index contributed by atoms with van der Waals surface area (Å²) in [5.74, 6) is -0.207. The summed E-state index contributed by atoms with van der Waals surface area (Å²) < 4.78 is 10.1. The third kappa shape index (κ3) is 2.01. The molecule has 2 heterocycles. The number of carbonyl (C=O) groups is 1. The predicted molar refractivity (Wildman–Crippen MR) is 73.0 cm³/mol. The number of aromatic amines is 1. The number of oxazole rings is 1. The van der Waals surface area contributed by atoms with E-state index in [1.54, 1.807) is 31.4 Å². The second-order valence-electron chi connectivity index (χ2n) is 4.53. The van der Waals surface area contributed by atoms with Crippen LogP contribution in [0.1, 0.15) is 21.7 Å². The molecule has 0 aliphatic rings. The lowest BCUT2D eigenvalue weighted by atomic mass is 10.1. The molecule has 102 valence electrons. The van der Waals surface area contributed by atoms with E-state index in [9.17, 15) is 9.59 Å². The lowest BCUT2D eigenvalue weighted by molar-refractivity contribution is 0.102. The number of amides is 1. The normalized spacial score (nSPS) is 10.9. The first-order valence-electron chi connectivity index (χ1n) is 6.03. The Kier molecular flexibility index (Phi) is 2.71. The maximum atomic E-state index is 12.2. The summed E-state index contributed by atoms with van der Waals surface area (Å²) in [7, 11) is 0. The molecule has 0 saturated carbocycles. The number of aryl methyl sites for hydroxylation is 2. The monoisotopic (exact) mass is 272 g/mol. The van der Waals surface area contributed by atoms with Crippen molar-refractivity contribution in [2.75, 3.05) is 5.32 Å². The Balaban J connectivity index is 1.93. The molecule has 2 aromatic heterocycles. The van der Waals surface area contributed by atoms with Crippen molar-refractivity contribution in [2.24, 2.45) is 0 Å². The van der Waals surface area contributed by atoms with E-state index in [-0.39, 0.29) is 5.91 Å². The van der Waals surface area contributed by atoms with Crippen molar-refractivity contribution in [1.82, 2.24) is 4.98 Å². The molecule has 1 aromatic carbocycles. The lowest BCUT2D eigenvalue weighted by Crippen LogP contribution is -2.13. The van der Waals surface area contributed by atoms with Gasteiger partial charge in [0.25, 0.3) is 5.91 Å². The highest BCUT2D eigenvalue weighted by atomic mass is 16.4. The average molecular weight is 272 g/mol. The highest BCUT2D eigenvalue weighted by molar-refractivity contribution is 6.06. The first-order valence-corrected chi connectivity index (χ1v) is 6.03. The van der Waals surface area contributed by atoms with Crippen molar-refractivity contribution in [3.8, 4) is 0 Å². The van der Waals surface area contributed by atoms with Gasteiger partial charge in [-0.1, -0.05) is 0 Å². The van der Waals surface area contributed by atoms with Gasteiger partial charge >= 0.3 is 5.76 Å². The number of benzene rings is 1. The molecule has 0 saturated heterocycles. The highest BCUT2D eigenvalue weighted by Gasteiger charge is 2.16. The van der Waals surface area contributed by atoms with Crippen LogP contribution in [0.4, 0.5) is 5.69 Å². The molecule has 6 nitrogen and oxygen atoms in total. The number of carbonyl (C=O) groups excluding carboxylic acids is 1. The van der Waals surface area contributed by atoms with Crippen LogP contribution in [0.3, 0.4) is 0 Å². The molecule has 2 N–H and O–H groups in total. The van der Waals surface area contributed by atoms with Crippen LogP contribution in [0.2, 0.25) is 0 Å². The summed E-state index contributed by atoms with van der Waals surface area (Å²) in [6, 6.07) is 4.93. The topological polar surface area (TPSA) is 88.2 Å². The van der Waals surface area contributed by atoms with Crippen LogP contribution < -0.4 is 11.1 Å². The molecule has 0 unspecified atom stereocenters. The molecule has 0 atom stereocenters. The number of furan rings is 1. The fourth-order valence-electron chi connectivity index (χ4n) is 2.13. The number of anilines is 1. The van der Waals surface area contributed by atoms with Crippen LogP contribution >= 0.6 is 0 Å². The van der Waals surface area contributed by atoms with Gasteiger partial charge < -0.3 is 14.2 Å². The lowest BCUT2D eigenvalue weighted by Gasteiger charge is -2.05. The van der Waals surface area contributed by atoms with Crippen molar-refractivity contribution in [2.45, 2.75) is 13.8 Å². The number of aromatic nitrogens is 1. The summed E-state index contributed by atoms with van der Waals surface area (Å²) in [5, 5.41) is 2.76. The van der Waals surface area contributed by atoms with Crippen molar-refractivity contribution >= 4 is 22.7 Å². The van der Waals surface area contributed by atoms with Gasteiger partial charge in [0.05, 0.1) is 17.3 Å². The summed E-state index contributed by atoms with van der Waals surface area (Å²) in [6.45, 7) is 3.54. The highest BCUT2D eigenvalue weighted by Crippen LogP contribution is 2.20. The minimum absolute atomic E-state index is 0.251. The molecule has 20 heavy (non-hydrogen) atoms. The van der Waals surface area contributed by atoms with E-state index in [1.165, 1.54) is 0 Å². The van der Waals surface area contributed by atoms with E-state index in [0.29, 0.717) is 28.1 Å². The molecule has 3 aromatic rings. The third-order valence-corrected chi connectivity index (χ3v) is 3.06. The molecular formula is C14H12N2O4. The molecule has 0 fully saturated rings. The number of fused-ring (bicyclic) bond motifs is 1. The first kappa shape index (κ1) is 12.3. The Labute approximate surface area is 113 Å². The van der Waals surface area contributed by atoms with Crippen molar-refractivity contribution in [3.05, 3.63) is 51.9 Å². The van der Waals surface area contributed by atoms with Crippen molar-refractivity contribution in [3.63, 3.8) is 0 Å². The molecule has 0 aliphatic heterocycles. The van der Waals surface area contributed by atoms with Gasteiger partial charge in [-0.25, -0.2) is 4.79 Å². The van der Waals surface area contributed by atoms with Crippen LogP contribution in [-0.2, 0) is 0 Å². The van der Waals surface area contributed by atoms with Crippen molar-refractivity contribution in [1.29, 1.82) is 0 Å². The summed E-state index contributed by atoms with van der Waals surface area (Å²) >= 11 is 0. The Morgan fingerprint density at radius 3 is 2.80 bits per heavy atom. The molecule has 0 radical (unpaired) electrons. The van der Waals surface area contributed by atoms with E-state index >= 15 is 0 Å². The molecular weight excluding hydrogens is 260 g/mol. The Morgan fingerprint density at radius 2 is 2.10 bits per heavy atom. The molecule has 1 amide bonds. The molecule has 6 heteroatoms. The number of rotatable bonds is 2. The number of nitrogens with one attached hydrogen (secondary N) is 2. The van der Waals surface area contributed by atoms with E-state index in [2.05, 4.69) is 10.3 Å². The second kappa shape index (κ2) is 4.41. The Hall–Kier alpha value is -2.76. The van der Waals surface area contributed by atoms with Crippen molar-refractivity contribution < 1.29 is 13.6 Å². The van der Waals surface area contributed by atoms with Gasteiger partial charge in [-0.3, -0.25) is 9.78 Å². The van der Waals surface area contributed by atoms with Crippen LogP contribution in [-0.4, -0.2) is 10.9 Å². The maximum Gasteiger partial charge on any atom is 0.417 e. The zero-order valence-corrected chi connectivity index (χ0v) is 10.9. The van der Waals surface area contributed by atoms with Gasteiger partial charge in [-0.2, -0.15) is 0 Å². The molecule has 0 aliphatic carbocycles. The molecule has 0 spiro atoms. The van der Waals surface area contributed by atoms with Gasteiger partial charge in [-0.05, 0) is 32.0 Å². The van der Waals surface area contributed by atoms with E-state index < -0.39 is 5.76 Å². The summed E-state index contributed by atoms with van der Waals surface area (Å²) in [5.41, 5.74) is 2.85. The Bertz CT molecular complexity index is 834. The quantitative estimate of drug-likeness (QED) is 0.750. The number of hydrogen-bond donors (Lipinski definition) is 2. The van der Waals surface area contributed by atoms with Gasteiger partial charge in [0.2, 0.25) is 0 Å². The summed E-state index contributed by atoms with van der Waals surface area (Å²) in [6.07, 6.45) is 1.54. The number of H-pyrrole nitrogens is 1. The minimum Gasteiger partial charge on any atom is -0.469 e. The van der Waals surface area contributed by atoms with Gasteiger partial charge in [0, 0.05) is 11.3 Å². The van der Waals surface area contributed by atoms with Crippen LogP contribution in [0.15, 0.2) is 38.1 Å². The Morgan fingerprint density at radius 1 is 1.30 bits per heavy atom. The zero-order valence-electron chi connectivity index (χ0n) is 10.9. The smallest absolute Gasteiger partial charge is 0.417 e. The molecule has 0 bridgehead atoms. The summed E-state index contributed by atoms with van der Waals surface area (Å²) in [4.78, 5) is 25.8. The van der Waals surface area contributed by atoms with E-state index in [1.807, 2.05) is 6.92 Å². The third-order valence-electron chi connectivity index (χ3n) is 3.06. The minimum atomic E-state index is -0.523. The SMILES string of the molecule is Cc1coc(C)c1C(=O)Nc1ccc2oc(=O)[nH]c2c1. The maximum absolute atomic E-state index is 12.2. The van der Waals surface area contributed by atoms with E-state index in [0.717, 1.165) is 5.56 Å². The predicted octanol–water partition coefficient (Wildman–Crippen LogP) is 2.58. The van der Waals surface area contributed by atoms with Crippen LogP contribution in [0.25, 0.3) is 11.1 Å². The average Bonchev–Trinajstić information content (AvgIpc) is 2.91. The fraction of sp³-hybridized carbons (Fsp3) is 0.143. The zero-order chi connectivity index (χ0) is 14.3. The first-order chi connectivity index (χ1) is 9.54. The van der Waals surface area contributed by atoms with Crippen LogP contribution in [0.5, 0.6) is 0 Å². The molecule has 3 rings (SSSR count). The van der Waals surface area contributed by atoms with E-state index in [4.69, 9.17) is 8.83 Å². The van der Waals surface area contributed by atoms with Crippen LogP contribution in [0, 0.1) is 13.8 Å². The largest absolute Gasteiger partial charge is 0.469 e. The van der Waals surface area contributed by atoms with Gasteiger partial charge in [0.1, 0.15) is 5.76 Å². The van der Waals surface area contributed by atoms with Gasteiger partial charge in [-0.15, -0.1) is 0 Å². The standard InChI is InChI=1S/C14H12N2O4/c1-7-6-19-8(2)12(7)13(17)15-9-3-4-11-10(5-9)16-14(18)20-11/h3-6H,1-2H3,(H,15,17)(H,16,18). The number of hydrogen-bond acceptors (Lipinski definition) is 4.